The number of benzene rings is 1. The Bertz CT molecular complexity index is 176. The molecule has 0 spiro atoms. The zero-order chi connectivity index (χ0) is 6.69. The molecule has 0 aliphatic heterocycles. The van der Waals surface area contributed by atoms with Gasteiger partial charge in [0.2, 0.25) is 0 Å². The highest BCUT2D eigenvalue weighted by atomic mass is 35.7. The third-order valence-corrected chi connectivity index (χ3v) is 2.28. The maximum absolute atomic E-state index is 8.85. The van der Waals surface area contributed by atoms with Gasteiger partial charge in [-0.1, -0.05) is 41.6 Å². The van der Waals surface area contributed by atoms with Crippen molar-refractivity contribution in [2.45, 2.75) is 0 Å². The van der Waals surface area contributed by atoms with Gasteiger partial charge in [0.05, 0.1) is 0 Å². The fourth-order valence-corrected chi connectivity index (χ4v) is 1.31. The third-order valence-electron chi connectivity index (χ3n) is 0.969. The minimum absolute atomic E-state index is 0.800. The molecule has 1 rings (SSSR count). The van der Waals surface area contributed by atoms with Crippen LogP contribution in [0.15, 0.2) is 30.3 Å². The molecule has 0 aliphatic carbocycles. The van der Waals surface area contributed by atoms with E-state index in [4.69, 9.17) is 16.1 Å². The van der Waals surface area contributed by atoms with Crippen LogP contribution in [0.25, 0.3) is 0 Å². The minimum atomic E-state index is -1.42. The number of hydrogen-bond donors (Lipinski definition) is 1. The summed E-state index contributed by atoms with van der Waals surface area (Å²) in [6.45, 7) is 0. The van der Waals surface area contributed by atoms with Gasteiger partial charge < -0.3 is 4.89 Å². The summed E-state index contributed by atoms with van der Waals surface area (Å²) in [6, 6.07) is 9.20. The molecule has 0 aromatic heterocycles. The Morgan fingerprint density at radius 3 is 2.11 bits per heavy atom. The lowest BCUT2D eigenvalue weighted by Gasteiger charge is -1.97. The van der Waals surface area contributed by atoms with Gasteiger partial charge in [0.15, 0.2) is 7.50 Å². The fraction of sp³-hybridized carbons (Fsp3) is 0. The van der Waals surface area contributed by atoms with Crippen molar-refractivity contribution >= 4 is 24.0 Å². The van der Waals surface area contributed by atoms with Crippen molar-refractivity contribution in [2.75, 3.05) is 0 Å². The van der Waals surface area contributed by atoms with Crippen molar-refractivity contribution in [3.05, 3.63) is 30.3 Å². The molecule has 0 radical (unpaired) electrons. The van der Waals surface area contributed by atoms with Gasteiger partial charge in [-0.15, -0.1) is 0 Å². The average Bonchev–Trinajstić information content (AvgIpc) is 1.90. The van der Waals surface area contributed by atoms with Gasteiger partial charge in [-0.05, 0) is 0 Å². The molecule has 0 bridgehead atoms. The van der Waals surface area contributed by atoms with E-state index in [2.05, 4.69) is 0 Å². The van der Waals surface area contributed by atoms with Crippen molar-refractivity contribution in [2.24, 2.45) is 0 Å². The van der Waals surface area contributed by atoms with E-state index in [0.717, 1.165) is 5.30 Å². The van der Waals surface area contributed by atoms with Gasteiger partial charge >= 0.3 is 0 Å². The summed E-state index contributed by atoms with van der Waals surface area (Å²) in [6.07, 6.45) is 0. The average molecular weight is 161 g/mol. The van der Waals surface area contributed by atoms with E-state index in [1.54, 1.807) is 12.1 Å². The van der Waals surface area contributed by atoms with Crippen molar-refractivity contribution in [1.29, 1.82) is 0 Å². The molecule has 1 nitrogen and oxygen atoms in total. The maximum atomic E-state index is 8.85. The Labute approximate surface area is 59.9 Å². The van der Waals surface area contributed by atoms with E-state index in [9.17, 15) is 0 Å². The fourth-order valence-electron chi connectivity index (χ4n) is 0.551. The van der Waals surface area contributed by atoms with E-state index in [0.29, 0.717) is 0 Å². The molecule has 48 valence electrons. The Morgan fingerprint density at radius 1 is 1.22 bits per heavy atom. The zero-order valence-electron chi connectivity index (χ0n) is 4.66. The van der Waals surface area contributed by atoms with Crippen LogP contribution >= 0.6 is 18.7 Å². The molecule has 0 heterocycles. The first-order valence-electron chi connectivity index (χ1n) is 2.50. The van der Waals surface area contributed by atoms with Crippen molar-refractivity contribution < 1.29 is 4.89 Å². The molecule has 1 aromatic carbocycles. The summed E-state index contributed by atoms with van der Waals surface area (Å²) < 4.78 is 0. The highest BCUT2D eigenvalue weighted by Crippen LogP contribution is 2.33. The molecule has 0 saturated heterocycles. The number of hydrogen-bond acceptors (Lipinski definition) is 1. The van der Waals surface area contributed by atoms with Gasteiger partial charge in [0, 0.05) is 5.30 Å². The standard InChI is InChI=1S/C6H6ClOP/c7-9(8)6-4-2-1-3-5-6/h1-5,8H. The number of rotatable bonds is 1. The molecule has 3 heteroatoms. The predicted octanol–water partition coefficient (Wildman–Crippen LogP) is 1.85. The number of halogens is 1. The summed E-state index contributed by atoms with van der Waals surface area (Å²) in [5, 5.41) is 0.800. The van der Waals surface area contributed by atoms with Gasteiger partial charge in [0.25, 0.3) is 0 Å². The van der Waals surface area contributed by atoms with E-state index >= 15 is 0 Å². The molecule has 0 aliphatic rings. The van der Waals surface area contributed by atoms with Gasteiger partial charge in [-0.3, -0.25) is 0 Å². The maximum Gasteiger partial charge on any atom is 0.154 e. The van der Waals surface area contributed by atoms with Crippen LogP contribution in [-0.4, -0.2) is 4.89 Å². The molecule has 0 fully saturated rings. The van der Waals surface area contributed by atoms with E-state index < -0.39 is 7.50 Å². The van der Waals surface area contributed by atoms with Crippen LogP contribution in [-0.2, 0) is 0 Å². The van der Waals surface area contributed by atoms with Crippen LogP contribution in [0.5, 0.6) is 0 Å². The molecular weight excluding hydrogens is 154 g/mol. The molecule has 1 aromatic rings. The Morgan fingerprint density at radius 2 is 1.78 bits per heavy atom. The molecule has 1 atom stereocenters. The smallest absolute Gasteiger partial charge is 0.154 e. The molecular formula is C6H6ClOP. The van der Waals surface area contributed by atoms with Crippen LogP contribution < -0.4 is 5.30 Å². The second-order valence-corrected chi connectivity index (χ2v) is 3.59. The van der Waals surface area contributed by atoms with E-state index in [-0.39, 0.29) is 0 Å². The highest BCUT2D eigenvalue weighted by Gasteiger charge is 1.98. The van der Waals surface area contributed by atoms with Gasteiger partial charge in [-0.25, -0.2) is 0 Å². The van der Waals surface area contributed by atoms with Crippen LogP contribution in [0, 0.1) is 0 Å². The normalized spacial score (nSPS) is 13.1. The summed E-state index contributed by atoms with van der Waals surface area (Å²) in [5.41, 5.74) is 0. The lowest BCUT2D eigenvalue weighted by Crippen LogP contribution is -1.92. The molecule has 9 heavy (non-hydrogen) atoms. The first-order valence-corrected chi connectivity index (χ1v) is 4.70. The largest absolute Gasteiger partial charge is 0.356 e. The van der Waals surface area contributed by atoms with E-state index in [1.807, 2.05) is 18.2 Å². The van der Waals surface area contributed by atoms with Crippen molar-refractivity contribution in [1.82, 2.24) is 0 Å². The quantitative estimate of drug-likeness (QED) is 0.622. The van der Waals surface area contributed by atoms with Crippen LogP contribution in [0.3, 0.4) is 0 Å². The monoisotopic (exact) mass is 160 g/mol. The minimum Gasteiger partial charge on any atom is -0.356 e. The summed E-state index contributed by atoms with van der Waals surface area (Å²) >= 11 is 5.42. The predicted molar refractivity (Wildman–Crippen MR) is 41.1 cm³/mol. The molecule has 0 amide bonds. The molecule has 1 N–H and O–H groups in total. The second-order valence-electron chi connectivity index (χ2n) is 1.60. The zero-order valence-corrected chi connectivity index (χ0v) is 6.31. The Balaban J connectivity index is 2.85. The summed E-state index contributed by atoms with van der Waals surface area (Å²) in [7, 11) is -1.42. The second kappa shape index (κ2) is 3.17. The topological polar surface area (TPSA) is 20.2 Å². The summed E-state index contributed by atoms with van der Waals surface area (Å²) in [5.74, 6) is 0. The first kappa shape index (κ1) is 7.01. The third kappa shape index (κ3) is 1.94. The van der Waals surface area contributed by atoms with Gasteiger partial charge in [-0.2, -0.15) is 0 Å². The SMILES string of the molecule is OP(Cl)c1ccccc1. The Kier molecular flexibility index (Phi) is 2.47. The lowest BCUT2D eigenvalue weighted by atomic mass is 10.4. The van der Waals surface area contributed by atoms with Crippen molar-refractivity contribution in [3.8, 4) is 0 Å². The van der Waals surface area contributed by atoms with E-state index in [1.165, 1.54) is 0 Å². The summed E-state index contributed by atoms with van der Waals surface area (Å²) in [4.78, 5) is 8.85. The first-order chi connectivity index (χ1) is 4.30. The van der Waals surface area contributed by atoms with Crippen LogP contribution in [0.1, 0.15) is 0 Å². The molecule has 1 unspecified atom stereocenters. The molecule has 0 saturated carbocycles. The van der Waals surface area contributed by atoms with Crippen LogP contribution in [0.4, 0.5) is 0 Å². The van der Waals surface area contributed by atoms with Crippen LogP contribution in [0.2, 0.25) is 0 Å². The highest BCUT2D eigenvalue weighted by molar-refractivity contribution is 7.85. The van der Waals surface area contributed by atoms with Crippen molar-refractivity contribution in [3.63, 3.8) is 0 Å². The van der Waals surface area contributed by atoms with Gasteiger partial charge in [0.1, 0.15) is 0 Å². The lowest BCUT2D eigenvalue weighted by molar-refractivity contribution is 0.649. The Hall–Kier alpha value is -0.100.